The molecular formula is C24H26N2O4. The first-order valence-corrected chi connectivity index (χ1v) is 10.2. The zero-order chi connectivity index (χ0) is 21.1. The van der Waals surface area contributed by atoms with Crippen LogP contribution >= 0.6 is 0 Å². The molecule has 2 heterocycles. The summed E-state index contributed by atoms with van der Waals surface area (Å²) in [5.74, 6) is 0.710. The zero-order valence-corrected chi connectivity index (χ0v) is 17.3. The van der Waals surface area contributed by atoms with E-state index in [1.807, 2.05) is 54.3 Å². The Morgan fingerprint density at radius 2 is 2.03 bits per heavy atom. The number of hydrogen-bond donors (Lipinski definition) is 1. The van der Waals surface area contributed by atoms with Crippen LogP contribution in [0.25, 0.3) is 11.0 Å². The van der Waals surface area contributed by atoms with Crippen molar-refractivity contribution in [3.05, 3.63) is 70.1 Å². The summed E-state index contributed by atoms with van der Waals surface area (Å²) in [6.07, 6.45) is 1.59. The van der Waals surface area contributed by atoms with Crippen LogP contribution in [0.3, 0.4) is 0 Å². The number of nitrogens with zero attached hydrogens (tertiary/aromatic N) is 1. The second-order valence-corrected chi connectivity index (χ2v) is 7.69. The van der Waals surface area contributed by atoms with Crippen molar-refractivity contribution in [2.24, 2.45) is 0 Å². The lowest BCUT2D eigenvalue weighted by Gasteiger charge is -2.18. The molecule has 4 rings (SSSR count). The van der Waals surface area contributed by atoms with E-state index in [4.69, 9.17) is 9.15 Å². The highest BCUT2D eigenvalue weighted by atomic mass is 16.5. The molecule has 1 saturated heterocycles. The van der Waals surface area contributed by atoms with E-state index in [0.29, 0.717) is 36.3 Å². The van der Waals surface area contributed by atoms with E-state index in [1.165, 1.54) is 0 Å². The highest BCUT2D eigenvalue weighted by Crippen LogP contribution is 2.25. The third kappa shape index (κ3) is 4.17. The van der Waals surface area contributed by atoms with Crippen LogP contribution in [-0.4, -0.2) is 37.0 Å². The first-order chi connectivity index (χ1) is 14.5. The molecule has 1 aromatic heterocycles. The maximum atomic E-state index is 12.7. The number of carbonyl (C=O) groups excluding carboxylic acids is 1. The van der Waals surface area contributed by atoms with E-state index < -0.39 is 0 Å². The summed E-state index contributed by atoms with van der Waals surface area (Å²) in [7, 11) is 1.57. The van der Waals surface area contributed by atoms with Crippen molar-refractivity contribution < 1.29 is 13.9 Å². The van der Waals surface area contributed by atoms with Crippen molar-refractivity contribution >= 4 is 22.6 Å². The first-order valence-electron chi connectivity index (χ1n) is 10.2. The van der Waals surface area contributed by atoms with Crippen molar-refractivity contribution in [3.63, 3.8) is 0 Å². The number of amides is 1. The fourth-order valence-corrected chi connectivity index (χ4v) is 4.06. The predicted molar refractivity (Wildman–Crippen MR) is 117 cm³/mol. The van der Waals surface area contributed by atoms with E-state index in [9.17, 15) is 9.59 Å². The van der Waals surface area contributed by atoms with Gasteiger partial charge in [0, 0.05) is 48.3 Å². The molecular weight excluding hydrogens is 380 g/mol. The molecule has 3 aromatic rings. The lowest BCUT2D eigenvalue weighted by Crippen LogP contribution is -2.32. The summed E-state index contributed by atoms with van der Waals surface area (Å²) < 4.78 is 10.7. The molecule has 1 amide bonds. The van der Waals surface area contributed by atoms with Gasteiger partial charge in [0.15, 0.2) is 0 Å². The monoisotopic (exact) mass is 406 g/mol. The average Bonchev–Trinajstić information content (AvgIpc) is 3.22. The van der Waals surface area contributed by atoms with E-state index >= 15 is 0 Å². The molecule has 30 heavy (non-hydrogen) atoms. The number of aryl methyl sites for hydroxylation is 1. The van der Waals surface area contributed by atoms with Crippen LogP contribution in [0.5, 0.6) is 5.75 Å². The minimum atomic E-state index is -0.383. The normalized spacial score (nSPS) is 16.1. The second-order valence-electron chi connectivity index (χ2n) is 7.69. The number of anilines is 1. The van der Waals surface area contributed by atoms with Crippen LogP contribution in [0.15, 0.2) is 57.7 Å². The number of rotatable bonds is 6. The minimum absolute atomic E-state index is 0.0704. The van der Waals surface area contributed by atoms with Crippen LogP contribution in [-0.2, 0) is 11.2 Å². The van der Waals surface area contributed by atoms with Crippen molar-refractivity contribution in [2.45, 2.75) is 32.2 Å². The van der Waals surface area contributed by atoms with Crippen molar-refractivity contribution in [2.75, 3.05) is 25.5 Å². The molecule has 1 atom stereocenters. The topological polar surface area (TPSA) is 71.8 Å². The Morgan fingerprint density at radius 1 is 1.23 bits per heavy atom. The Kier molecular flexibility index (Phi) is 5.74. The van der Waals surface area contributed by atoms with Crippen LogP contribution in [0, 0.1) is 6.92 Å². The Balaban J connectivity index is 1.40. The van der Waals surface area contributed by atoms with Gasteiger partial charge in [-0.1, -0.05) is 18.2 Å². The molecule has 0 spiro atoms. The average molecular weight is 406 g/mol. The van der Waals surface area contributed by atoms with E-state index in [0.717, 1.165) is 29.6 Å². The molecule has 2 aromatic carbocycles. The number of nitrogens with one attached hydrogen (secondary N) is 1. The zero-order valence-electron chi connectivity index (χ0n) is 17.3. The molecule has 0 aliphatic carbocycles. The highest BCUT2D eigenvalue weighted by molar-refractivity contribution is 5.83. The Hall–Kier alpha value is -3.28. The van der Waals surface area contributed by atoms with Gasteiger partial charge < -0.3 is 19.4 Å². The van der Waals surface area contributed by atoms with Crippen molar-refractivity contribution in [3.8, 4) is 5.75 Å². The van der Waals surface area contributed by atoms with Gasteiger partial charge in [-0.2, -0.15) is 0 Å². The third-order valence-corrected chi connectivity index (χ3v) is 5.77. The first kappa shape index (κ1) is 20.0. The number of methoxy groups -OCH3 is 1. The summed E-state index contributed by atoms with van der Waals surface area (Å²) in [4.78, 5) is 27.1. The maximum Gasteiger partial charge on any atom is 0.339 e. The van der Waals surface area contributed by atoms with Crippen LogP contribution in [0.2, 0.25) is 0 Å². The van der Waals surface area contributed by atoms with Gasteiger partial charge in [0.25, 0.3) is 0 Å². The molecule has 6 nitrogen and oxygen atoms in total. The molecule has 0 bridgehead atoms. The largest absolute Gasteiger partial charge is 0.497 e. The fourth-order valence-electron chi connectivity index (χ4n) is 4.06. The lowest BCUT2D eigenvalue weighted by atomic mass is 10.0. The van der Waals surface area contributed by atoms with E-state index in [2.05, 4.69) is 5.32 Å². The van der Waals surface area contributed by atoms with Crippen molar-refractivity contribution in [1.29, 1.82) is 0 Å². The molecule has 6 heteroatoms. The van der Waals surface area contributed by atoms with E-state index in [-0.39, 0.29) is 17.6 Å². The van der Waals surface area contributed by atoms with Gasteiger partial charge in [0.1, 0.15) is 11.3 Å². The Morgan fingerprint density at radius 3 is 2.80 bits per heavy atom. The van der Waals surface area contributed by atoms with Crippen molar-refractivity contribution in [1.82, 2.24) is 4.90 Å². The van der Waals surface area contributed by atoms with Crippen LogP contribution < -0.4 is 15.7 Å². The predicted octanol–water partition coefficient (Wildman–Crippen LogP) is 3.76. The number of ether oxygens (including phenoxy) is 1. The standard InChI is InChI=1S/C24H26N2O4/c1-16-20-9-8-19(29-2)14-22(20)30-24(28)21(16)10-11-23(27)26-13-12-18(15-26)25-17-6-4-3-5-7-17/h3-9,14,18,25H,10-13,15H2,1-2H3. The van der Waals surface area contributed by atoms with Gasteiger partial charge in [0.05, 0.1) is 7.11 Å². The van der Waals surface area contributed by atoms with Crippen LogP contribution in [0.1, 0.15) is 24.0 Å². The van der Waals surface area contributed by atoms with Gasteiger partial charge in [-0.3, -0.25) is 4.79 Å². The number of likely N-dealkylation sites (tertiary alicyclic amines) is 1. The Labute approximate surface area is 175 Å². The summed E-state index contributed by atoms with van der Waals surface area (Å²) in [6.45, 7) is 3.31. The quantitative estimate of drug-likeness (QED) is 0.631. The van der Waals surface area contributed by atoms with Gasteiger partial charge in [0.2, 0.25) is 5.91 Å². The smallest absolute Gasteiger partial charge is 0.339 e. The summed E-state index contributed by atoms with van der Waals surface area (Å²) in [6, 6.07) is 15.7. The lowest BCUT2D eigenvalue weighted by molar-refractivity contribution is -0.130. The second kappa shape index (κ2) is 8.61. The summed E-state index contributed by atoms with van der Waals surface area (Å²) >= 11 is 0. The summed E-state index contributed by atoms with van der Waals surface area (Å²) in [5.41, 5.74) is 2.62. The molecule has 1 unspecified atom stereocenters. The molecule has 156 valence electrons. The van der Waals surface area contributed by atoms with E-state index in [1.54, 1.807) is 13.2 Å². The molecule has 0 radical (unpaired) electrons. The molecule has 1 aliphatic heterocycles. The maximum absolute atomic E-state index is 12.7. The van der Waals surface area contributed by atoms with Gasteiger partial charge in [-0.25, -0.2) is 4.79 Å². The number of fused-ring (bicyclic) bond motifs is 1. The molecule has 1 N–H and O–H groups in total. The fraction of sp³-hybridized carbons (Fsp3) is 0.333. The van der Waals surface area contributed by atoms with Crippen LogP contribution in [0.4, 0.5) is 5.69 Å². The molecule has 1 fully saturated rings. The number of benzene rings is 2. The highest BCUT2D eigenvalue weighted by Gasteiger charge is 2.26. The Bertz CT molecular complexity index is 1110. The van der Waals surface area contributed by atoms with Gasteiger partial charge in [-0.05, 0) is 49.6 Å². The van der Waals surface area contributed by atoms with Gasteiger partial charge >= 0.3 is 5.63 Å². The summed E-state index contributed by atoms with van der Waals surface area (Å²) in [5, 5.41) is 4.34. The number of hydrogen-bond acceptors (Lipinski definition) is 5. The minimum Gasteiger partial charge on any atom is -0.497 e. The number of para-hydroxylation sites is 1. The third-order valence-electron chi connectivity index (χ3n) is 5.77. The molecule has 0 saturated carbocycles. The number of carbonyl (C=O) groups is 1. The van der Waals surface area contributed by atoms with Gasteiger partial charge in [-0.15, -0.1) is 0 Å². The molecule has 1 aliphatic rings. The SMILES string of the molecule is COc1ccc2c(C)c(CCC(=O)N3CCC(Nc4ccccc4)C3)c(=O)oc2c1.